The predicted octanol–water partition coefficient (Wildman–Crippen LogP) is 4.50. The summed E-state index contributed by atoms with van der Waals surface area (Å²) in [6, 6.07) is 6.51. The first kappa shape index (κ1) is 16.6. The van der Waals surface area contributed by atoms with Gasteiger partial charge in [-0.05, 0) is 30.5 Å². The summed E-state index contributed by atoms with van der Waals surface area (Å²) >= 11 is 6.31. The van der Waals surface area contributed by atoms with Crippen molar-refractivity contribution in [2.45, 2.75) is 31.4 Å². The van der Waals surface area contributed by atoms with Crippen LogP contribution in [0.15, 0.2) is 30.5 Å². The number of anilines is 2. The molecule has 1 aliphatic heterocycles. The van der Waals surface area contributed by atoms with Crippen LogP contribution >= 0.6 is 11.6 Å². The molecule has 27 heavy (non-hydrogen) atoms. The minimum Gasteiger partial charge on any atom is -0.274 e. The van der Waals surface area contributed by atoms with Crippen molar-refractivity contribution < 1.29 is 18.0 Å². The smallest absolute Gasteiger partial charge is 0.274 e. The molecule has 1 aromatic carbocycles. The predicted molar refractivity (Wildman–Crippen MR) is 92.3 cm³/mol. The highest BCUT2D eigenvalue weighted by molar-refractivity contribution is 6.35. The van der Waals surface area contributed by atoms with Gasteiger partial charge in [-0.1, -0.05) is 23.7 Å². The Hall–Kier alpha value is -2.61. The van der Waals surface area contributed by atoms with E-state index in [1.807, 2.05) is 0 Å². The second-order valence-electron chi connectivity index (χ2n) is 6.71. The maximum absolute atomic E-state index is 13.6. The number of nitrogens with zero attached hydrogens (tertiary/aromatic N) is 4. The van der Waals surface area contributed by atoms with Gasteiger partial charge in [0.05, 0.1) is 22.8 Å². The summed E-state index contributed by atoms with van der Waals surface area (Å²) in [5.41, 5.74) is 1.70. The number of carbonyl (C=O) groups excluding carboxylic acids is 1. The molecule has 3 aromatic rings. The van der Waals surface area contributed by atoms with Gasteiger partial charge in [0.25, 0.3) is 0 Å². The van der Waals surface area contributed by atoms with E-state index in [9.17, 15) is 18.0 Å². The molecule has 1 fully saturated rings. The number of para-hydroxylation sites is 1. The number of fused-ring (bicyclic) bond motifs is 2. The molecule has 0 N–H and O–H groups in total. The SMILES string of the molecule is O=C1Cc2cccc(Cl)c2N1c1c(C2CC2)nc2ccnc(C(F)(F)F)n12. The van der Waals surface area contributed by atoms with Gasteiger partial charge in [0.1, 0.15) is 11.5 Å². The Morgan fingerprint density at radius 3 is 2.67 bits per heavy atom. The maximum atomic E-state index is 13.6. The van der Waals surface area contributed by atoms with Crippen molar-refractivity contribution in [1.29, 1.82) is 0 Å². The topological polar surface area (TPSA) is 50.5 Å². The molecule has 3 heterocycles. The Bertz CT molecular complexity index is 1100. The molecule has 0 saturated heterocycles. The number of alkyl halides is 3. The summed E-state index contributed by atoms with van der Waals surface area (Å²) in [6.07, 6.45) is -1.89. The minimum atomic E-state index is -4.69. The van der Waals surface area contributed by atoms with Crippen LogP contribution in [-0.4, -0.2) is 20.3 Å². The third-order valence-electron chi connectivity index (χ3n) is 4.85. The van der Waals surface area contributed by atoms with Crippen LogP contribution in [0.4, 0.5) is 24.7 Å². The Morgan fingerprint density at radius 1 is 1.19 bits per heavy atom. The van der Waals surface area contributed by atoms with Crippen LogP contribution in [-0.2, 0) is 17.4 Å². The number of carbonyl (C=O) groups is 1. The van der Waals surface area contributed by atoms with Crippen molar-refractivity contribution in [3.05, 3.63) is 52.6 Å². The van der Waals surface area contributed by atoms with Gasteiger partial charge in [-0.25, -0.2) is 9.97 Å². The molecule has 0 spiro atoms. The van der Waals surface area contributed by atoms with Gasteiger partial charge >= 0.3 is 6.18 Å². The van der Waals surface area contributed by atoms with Gasteiger partial charge < -0.3 is 0 Å². The van der Waals surface area contributed by atoms with E-state index in [1.54, 1.807) is 18.2 Å². The molecule has 9 heteroatoms. The Labute approximate surface area is 156 Å². The van der Waals surface area contributed by atoms with Crippen molar-refractivity contribution in [2.24, 2.45) is 0 Å². The van der Waals surface area contributed by atoms with Gasteiger partial charge in [0.2, 0.25) is 11.7 Å². The molecular weight excluding hydrogens is 381 g/mol. The monoisotopic (exact) mass is 392 g/mol. The van der Waals surface area contributed by atoms with Crippen LogP contribution in [0, 0.1) is 0 Å². The summed E-state index contributed by atoms with van der Waals surface area (Å²) in [4.78, 5) is 22.0. The third-order valence-corrected chi connectivity index (χ3v) is 5.16. The van der Waals surface area contributed by atoms with Crippen molar-refractivity contribution in [3.8, 4) is 0 Å². The van der Waals surface area contributed by atoms with Gasteiger partial charge in [0.15, 0.2) is 0 Å². The fraction of sp³-hybridized carbons (Fsp3) is 0.278. The first-order valence-electron chi connectivity index (χ1n) is 8.41. The second kappa shape index (κ2) is 5.45. The first-order valence-corrected chi connectivity index (χ1v) is 8.79. The van der Waals surface area contributed by atoms with Gasteiger partial charge in [-0.2, -0.15) is 13.2 Å². The van der Waals surface area contributed by atoms with Crippen molar-refractivity contribution >= 4 is 34.7 Å². The van der Waals surface area contributed by atoms with E-state index in [-0.39, 0.29) is 29.7 Å². The number of hydrogen-bond acceptors (Lipinski definition) is 3. The van der Waals surface area contributed by atoms with E-state index in [0.29, 0.717) is 22.0 Å². The Kier molecular flexibility index (Phi) is 3.34. The van der Waals surface area contributed by atoms with Crippen molar-refractivity contribution in [1.82, 2.24) is 14.4 Å². The third kappa shape index (κ3) is 2.43. The molecule has 138 valence electrons. The fourth-order valence-electron chi connectivity index (χ4n) is 3.59. The molecule has 0 bridgehead atoms. The standard InChI is InChI=1S/C18H12ClF3N4O/c19-11-3-1-2-10-8-13(27)26(15(10)11)16-14(9-4-5-9)24-12-6-7-23-17(25(12)16)18(20,21)22/h1-3,6-7,9H,4-5,8H2. The second-order valence-corrected chi connectivity index (χ2v) is 7.12. The van der Waals surface area contributed by atoms with E-state index in [4.69, 9.17) is 11.6 Å². The highest BCUT2D eigenvalue weighted by Crippen LogP contribution is 2.49. The number of aromatic nitrogens is 3. The average molecular weight is 393 g/mol. The number of benzene rings is 1. The Balaban J connectivity index is 1.86. The number of hydrogen-bond donors (Lipinski definition) is 0. The normalized spacial score (nSPS) is 17.0. The summed E-state index contributed by atoms with van der Waals surface area (Å²) < 4.78 is 41.9. The van der Waals surface area contributed by atoms with Crippen LogP contribution in [0.1, 0.15) is 35.8 Å². The molecule has 2 aromatic heterocycles. The lowest BCUT2D eigenvalue weighted by Crippen LogP contribution is -2.25. The molecule has 1 saturated carbocycles. The summed E-state index contributed by atoms with van der Waals surface area (Å²) in [7, 11) is 0. The molecule has 5 rings (SSSR count). The van der Waals surface area contributed by atoms with Crippen LogP contribution in [0.3, 0.4) is 0 Å². The lowest BCUT2D eigenvalue weighted by Gasteiger charge is -2.21. The number of imidazole rings is 1. The zero-order valence-corrected chi connectivity index (χ0v) is 14.6. The zero-order valence-electron chi connectivity index (χ0n) is 13.8. The van der Waals surface area contributed by atoms with E-state index in [0.717, 1.165) is 23.4 Å². The summed E-state index contributed by atoms with van der Waals surface area (Å²) in [6.45, 7) is 0. The number of halogens is 4. The molecule has 2 aliphatic rings. The van der Waals surface area contributed by atoms with E-state index < -0.39 is 12.0 Å². The molecule has 0 unspecified atom stereocenters. The van der Waals surface area contributed by atoms with Crippen LogP contribution < -0.4 is 4.90 Å². The lowest BCUT2D eigenvalue weighted by molar-refractivity contribution is -0.145. The minimum absolute atomic E-state index is 0.0281. The van der Waals surface area contributed by atoms with Crippen molar-refractivity contribution in [3.63, 3.8) is 0 Å². The first-order chi connectivity index (χ1) is 12.9. The maximum Gasteiger partial charge on any atom is 0.450 e. The average Bonchev–Trinajstić information content (AvgIpc) is 3.29. The quantitative estimate of drug-likeness (QED) is 0.645. The summed E-state index contributed by atoms with van der Waals surface area (Å²) in [5, 5.41) is 0.312. The van der Waals surface area contributed by atoms with E-state index in [1.165, 1.54) is 11.0 Å². The van der Waals surface area contributed by atoms with Gasteiger partial charge in [-0.15, -0.1) is 0 Å². The Morgan fingerprint density at radius 2 is 1.96 bits per heavy atom. The van der Waals surface area contributed by atoms with Gasteiger partial charge in [-0.3, -0.25) is 14.1 Å². The molecule has 1 aliphatic carbocycles. The molecule has 5 nitrogen and oxygen atoms in total. The zero-order chi connectivity index (χ0) is 18.9. The lowest BCUT2D eigenvalue weighted by atomic mass is 10.2. The fourth-order valence-corrected chi connectivity index (χ4v) is 3.87. The molecule has 0 radical (unpaired) electrons. The highest BCUT2D eigenvalue weighted by atomic mass is 35.5. The van der Waals surface area contributed by atoms with Crippen LogP contribution in [0.25, 0.3) is 5.65 Å². The molecule has 0 atom stereocenters. The van der Waals surface area contributed by atoms with Crippen LogP contribution in [0.5, 0.6) is 0 Å². The van der Waals surface area contributed by atoms with E-state index >= 15 is 0 Å². The van der Waals surface area contributed by atoms with Gasteiger partial charge in [0, 0.05) is 12.1 Å². The molecular formula is C18H12ClF3N4O. The largest absolute Gasteiger partial charge is 0.450 e. The van der Waals surface area contributed by atoms with E-state index in [2.05, 4.69) is 9.97 Å². The summed E-state index contributed by atoms with van der Waals surface area (Å²) in [5.74, 6) is -1.31. The van der Waals surface area contributed by atoms with Crippen molar-refractivity contribution in [2.75, 3.05) is 4.90 Å². The molecule has 1 amide bonds. The highest BCUT2D eigenvalue weighted by Gasteiger charge is 2.43. The number of rotatable bonds is 2. The number of amides is 1. The van der Waals surface area contributed by atoms with Crippen LogP contribution in [0.2, 0.25) is 5.02 Å².